The first-order valence-electron chi connectivity index (χ1n) is 5.43. The first-order chi connectivity index (χ1) is 9.20. The summed E-state index contributed by atoms with van der Waals surface area (Å²) in [5, 5.41) is 10.0. The maximum atomic E-state index is 12.1. The second-order valence-corrected chi connectivity index (χ2v) is 3.85. The number of carboxylic acids is 1. The van der Waals surface area contributed by atoms with E-state index >= 15 is 0 Å². The Hall–Kier alpha value is -2.38. The Balaban J connectivity index is 2.78. The van der Waals surface area contributed by atoms with Crippen molar-refractivity contribution in [3.05, 3.63) is 29.8 Å². The van der Waals surface area contributed by atoms with Crippen LogP contribution in [0.4, 0.5) is 18.9 Å². The molecule has 5 nitrogen and oxygen atoms in total. The van der Waals surface area contributed by atoms with Crippen molar-refractivity contribution in [1.82, 2.24) is 0 Å². The summed E-state index contributed by atoms with van der Waals surface area (Å²) in [6.45, 7) is 0. The molecule has 0 atom stereocenters. The molecule has 20 heavy (non-hydrogen) atoms. The van der Waals surface area contributed by atoms with E-state index in [2.05, 4.69) is 0 Å². The number of Topliss-reactive ketones (excluding diaryl/α,β-unsaturated/α-hetero) is 1. The Bertz CT molecular complexity index is 540. The number of alkyl halides is 3. The molecule has 0 bridgehead atoms. The molecule has 0 unspecified atom stereocenters. The predicted molar refractivity (Wildman–Crippen MR) is 62.3 cm³/mol. The Morgan fingerprint density at radius 1 is 1.15 bits per heavy atom. The van der Waals surface area contributed by atoms with E-state index in [1.54, 1.807) is 5.32 Å². The summed E-state index contributed by atoms with van der Waals surface area (Å²) in [7, 11) is 0. The lowest BCUT2D eigenvalue weighted by Gasteiger charge is -2.08. The summed E-state index contributed by atoms with van der Waals surface area (Å²) in [5.41, 5.74) is -0.153. The van der Waals surface area contributed by atoms with Gasteiger partial charge in [0.05, 0.1) is 6.42 Å². The highest BCUT2D eigenvalue weighted by Crippen LogP contribution is 2.19. The van der Waals surface area contributed by atoms with Crippen LogP contribution in [0.5, 0.6) is 0 Å². The normalized spacial score (nSPS) is 10.9. The highest BCUT2D eigenvalue weighted by Gasteiger charge is 2.38. The van der Waals surface area contributed by atoms with Gasteiger partial charge in [0.2, 0.25) is 0 Å². The molecule has 0 fully saturated rings. The Labute approximate surface area is 111 Å². The molecule has 0 aliphatic heterocycles. The van der Waals surface area contributed by atoms with Gasteiger partial charge in [-0.3, -0.25) is 14.4 Å². The van der Waals surface area contributed by atoms with E-state index in [1.165, 1.54) is 18.2 Å². The Morgan fingerprint density at radius 2 is 1.80 bits per heavy atom. The SMILES string of the molecule is O=C(O)CCC(=O)c1cccc(NC(=O)C(F)(F)F)c1. The third kappa shape index (κ3) is 4.71. The van der Waals surface area contributed by atoms with Gasteiger partial charge in [0.1, 0.15) is 0 Å². The number of aliphatic carboxylic acids is 1. The average Bonchev–Trinajstić information content (AvgIpc) is 2.35. The van der Waals surface area contributed by atoms with Gasteiger partial charge in [-0.15, -0.1) is 0 Å². The molecule has 0 saturated heterocycles. The number of carbonyl (C=O) groups excluding carboxylic acids is 2. The summed E-state index contributed by atoms with van der Waals surface area (Å²) in [6.07, 6.45) is -5.67. The summed E-state index contributed by atoms with van der Waals surface area (Å²) < 4.78 is 36.2. The van der Waals surface area contributed by atoms with Gasteiger partial charge in [-0.05, 0) is 12.1 Å². The molecule has 1 amide bonds. The zero-order valence-corrected chi connectivity index (χ0v) is 10.0. The second kappa shape index (κ2) is 6.18. The minimum Gasteiger partial charge on any atom is -0.481 e. The van der Waals surface area contributed by atoms with Gasteiger partial charge in [0.15, 0.2) is 5.78 Å². The second-order valence-electron chi connectivity index (χ2n) is 3.85. The van der Waals surface area contributed by atoms with Gasteiger partial charge >= 0.3 is 18.1 Å². The van der Waals surface area contributed by atoms with Crippen LogP contribution in [0.25, 0.3) is 0 Å². The zero-order chi connectivity index (χ0) is 15.3. The fourth-order valence-electron chi connectivity index (χ4n) is 1.34. The van der Waals surface area contributed by atoms with E-state index in [1.807, 2.05) is 0 Å². The van der Waals surface area contributed by atoms with E-state index in [0.717, 1.165) is 6.07 Å². The molecule has 0 aliphatic carbocycles. The average molecular weight is 289 g/mol. The minimum atomic E-state index is -5.02. The van der Waals surface area contributed by atoms with Crippen LogP contribution in [0.1, 0.15) is 23.2 Å². The quantitative estimate of drug-likeness (QED) is 0.814. The molecule has 8 heteroatoms. The molecule has 1 aromatic carbocycles. The van der Waals surface area contributed by atoms with Crippen molar-refractivity contribution in [2.75, 3.05) is 5.32 Å². The number of anilines is 1. The summed E-state index contributed by atoms with van der Waals surface area (Å²) in [4.78, 5) is 32.6. The lowest BCUT2D eigenvalue weighted by Crippen LogP contribution is -2.29. The fourth-order valence-corrected chi connectivity index (χ4v) is 1.34. The van der Waals surface area contributed by atoms with Gasteiger partial charge in [0, 0.05) is 17.7 Å². The van der Waals surface area contributed by atoms with Crippen LogP contribution < -0.4 is 5.32 Å². The monoisotopic (exact) mass is 289 g/mol. The van der Waals surface area contributed by atoms with Crippen molar-refractivity contribution < 1.29 is 32.7 Å². The number of halogens is 3. The van der Waals surface area contributed by atoms with E-state index in [-0.39, 0.29) is 24.1 Å². The van der Waals surface area contributed by atoms with Crippen molar-refractivity contribution in [1.29, 1.82) is 0 Å². The van der Waals surface area contributed by atoms with Crippen LogP contribution in [-0.4, -0.2) is 28.9 Å². The molecule has 0 radical (unpaired) electrons. The van der Waals surface area contributed by atoms with E-state index < -0.39 is 23.8 Å². The number of hydrogen-bond donors (Lipinski definition) is 2. The highest BCUT2D eigenvalue weighted by atomic mass is 19.4. The first kappa shape index (κ1) is 15.7. The molecule has 1 rings (SSSR count). The Kier molecular flexibility index (Phi) is 4.84. The topological polar surface area (TPSA) is 83.5 Å². The maximum absolute atomic E-state index is 12.1. The van der Waals surface area contributed by atoms with Crippen molar-refractivity contribution in [2.45, 2.75) is 19.0 Å². The molecule has 108 valence electrons. The number of carboxylic acid groups (broad SMARTS) is 1. The smallest absolute Gasteiger partial charge is 0.471 e. The Morgan fingerprint density at radius 3 is 2.35 bits per heavy atom. The van der Waals surface area contributed by atoms with Crippen LogP contribution in [0.2, 0.25) is 0 Å². The fraction of sp³-hybridized carbons (Fsp3) is 0.250. The number of benzene rings is 1. The van der Waals surface area contributed by atoms with Crippen LogP contribution in [0.3, 0.4) is 0 Å². The largest absolute Gasteiger partial charge is 0.481 e. The molecule has 0 aliphatic rings. The standard InChI is InChI=1S/C12H10F3NO4/c13-12(14,15)11(20)16-8-3-1-2-7(6-8)9(17)4-5-10(18)19/h1-3,6H,4-5H2,(H,16,20)(H,18,19). The van der Waals surface area contributed by atoms with Gasteiger partial charge in [0.25, 0.3) is 0 Å². The molecule has 0 heterocycles. The van der Waals surface area contributed by atoms with Crippen LogP contribution in [-0.2, 0) is 9.59 Å². The van der Waals surface area contributed by atoms with Crippen LogP contribution in [0, 0.1) is 0 Å². The molecular formula is C12H10F3NO4. The molecule has 0 aromatic heterocycles. The molecule has 0 saturated carbocycles. The third-order valence-corrected chi connectivity index (χ3v) is 2.27. The third-order valence-electron chi connectivity index (χ3n) is 2.27. The number of amides is 1. The number of carbonyl (C=O) groups is 3. The molecule has 2 N–H and O–H groups in total. The zero-order valence-electron chi connectivity index (χ0n) is 10.0. The van der Waals surface area contributed by atoms with Crippen molar-refractivity contribution in [3.8, 4) is 0 Å². The predicted octanol–water partition coefficient (Wildman–Crippen LogP) is 2.23. The highest BCUT2D eigenvalue weighted by molar-refractivity contribution is 6.00. The molecular weight excluding hydrogens is 279 g/mol. The van der Waals surface area contributed by atoms with Gasteiger partial charge in [-0.2, -0.15) is 13.2 Å². The van der Waals surface area contributed by atoms with Crippen molar-refractivity contribution >= 4 is 23.3 Å². The minimum absolute atomic E-state index is 0.0335. The maximum Gasteiger partial charge on any atom is 0.471 e. The van der Waals surface area contributed by atoms with Crippen molar-refractivity contribution in [3.63, 3.8) is 0 Å². The van der Waals surface area contributed by atoms with Crippen LogP contribution in [0.15, 0.2) is 24.3 Å². The molecule has 1 aromatic rings. The lowest BCUT2D eigenvalue weighted by molar-refractivity contribution is -0.167. The van der Waals surface area contributed by atoms with E-state index in [0.29, 0.717) is 0 Å². The van der Waals surface area contributed by atoms with E-state index in [4.69, 9.17) is 5.11 Å². The van der Waals surface area contributed by atoms with Gasteiger partial charge in [-0.25, -0.2) is 0 Å². The number of nitrogens with one attached hydrogen (secondary N) is 1. The van der Waals surface area contributed by atoms with E-state index in [9.17, 15) is 27.6 Å². The number of hydrogen-bond acceptors (Lipinski definition) is 3. The van der Waals surface area contributed by atoms with Crippen LogP contribution >= 0.6 is 0 Å². The van der Waals surface area contributed by atoms with Gasteiger partial charge < -0.3 is 10.4 Å². The summed E-state index contributed by atoms with van der Waals surface area (Å²) in [5.74, 6) is -3.83. The van der Waals surface area contributed by atoms with Gasteiger partial charge in [-0.1, -0.05) is 12.1 Å². The summed E-state index contributed by atoms with van der Waals surface area (Å²) >= 11 is 0. The number of ketones is 1. The first-order valence-corrected chi connectivity index (χ1v) is 5.43. The lowest BCUT2D eigenvalue weighted by atomic mass is 10.1. The summed E-state index contributed by atoms with van der Waals surface area (Å²) in [6, 6.07) is 4.87. The molecule has 0 spiro atoms. The number of rotatable bonds is 5. The van der Waals surface area contributed by atoms with Crippen molar-refractivity contribution in [2.24, 2.45) is 0 Å².